The predicted molar refractivity (Wildman–Crippen MR) is 79.5 cm³/mol. The molecule has 1 saturated heterocycles. The highest BCUT2D eigenvalue weighted by Crippen LogP contribution is 2.32. The van der Waals surface area contributed by atoms with E-state index in [0.29, 0.717) is 15.7 Å². The van der Waals surface area contributed by atoms with Crippen LogP contribution in [0.2, 0.25) is 10.0 Å². The highest BCUT2D eigenvalue weighted by atomic mass is 35.5. The normalized spacial score (nSPS) is 18.5. The van der Waals surface area contributed by atoms with Crippen LogP contribution in [0.25, 0.3) is 0 Å². The molecule has 1 aromatic heterocycles. The number of thiophene rings is 1. The van der Waals surface area contributed by atoms with Gasteiger partial charge < -0.3 is 5.32 Å². The van der Waals surface area contributed by atoms with E-state index < -0.39 is 12.1 Å². The molecule has 1 aliphatic heterocycles. The Balaban J connectivity index is 1.98. The van der Waals surface area contributed by atoms with Crippen molar-refractivity contribution in [3.05, 3.63) is 50.6 Å². The lowest BCUT2D eigenvalue weighted by Gasteiger charge is -2.13. The minimum Gasteiger partial charge on any atom is -0.321 e. The largest absolute Gasteiger partial charge is 0.329 e. The van der Waals surface area contributed by atoms with Gasteiger partial charge in [0.05, 0.1) is 5.69 Å². The van der Waals surface area contributed by atoms with Crippen LogP contribution in [-0.2, 0) is 4.79 Å². The zero-order valence-corrected chi connectivity index (χ0v) is 12.3. The van der Waals surface area contributed by atoms with Crippen molar-refractivity contribution in [3.63, 3.8) is 0 Å². The molecule has 3 rings (SSSR count). The molecular weight excluding hydrogens is 319 g/mol. The van der Waals surface area contributed by atoms with E-state index in [9.17, 15) is 9.59 Å². The van der Waals surface area contributed by atoms with E-state index in [1.165, 1.54) is 23.5 Å². The summed E-state index contributed by atoms with van der Waals surface area (Å²) in [6, 6.07) is 7.11. The first kappa shape index (κ1) is 13.4. The van der Waals surface area contributed by atoms with E-state index in [1.54, 1.807) is 6.07 Å². The molecule has 2 heterocycles. The van der Waals surface area contributed by atoms with Crippen LogP contribution in [-0.4, -0.2) is 11.9 Å². The van der Waals surface area contributed by atoms with E-state index in [2.05, 4.69) is 5.32 Å². The molecule has 1 unspecified atom stereocenters. The third-order valence-electron chi connectivity index (χ3n) is 2.87. The Morgan fingerprint density at radius 2 is 1.85 bits per heavy atom. The number of hydrogen-bond acceptors (Lipinski definition) is 3. The van der Waals surface area contributed by atoms with E-state index in [0.717, 1.165) is 9.78 Å². The number of nitrogens with one attached hydrogen (secondary N) is 1. The minimum absolute atomic E-state index is 0.337. The smallest absolute Gasteiger partial charge is 0.321 e. The maximum absolute atomic E-state index is 12.4. The zero-order valence-electron chi connectivity index (χ0n) is 9.97. The third kappa shape index (κ3) is 2.28. The van der Waals surface area contributed by atoms with E-state index in [-0.39, 0.29) is 5.91 Å². The molecule has 3 amide bonds. The molecule has 102 valence electrons. The fourth-order valence-electron chi connectivity index (χ4n) is 2.04. The van der Waals surface area contributed by atoms with Crippen molar-refractivity contribution in [2.45, 2.75) is 6.04 Å². The number of halogens is 2. The molecule has 2 aromatic rings. The molecule has 0 radical (unpaired) electrons. The van der Waals surface area contributed by atoms with Gasteiger partial charge in [-0.25, -0.2) is 9.69 Å². The molecule has 0 bridgehead atoms. The van der Waals surface area contributed by atoms with E-state index in [1.807, 2.05) is 17.5 Å². The summed E-state index contributed by atoms with van der Waals surface area (Å²) >= 11 is 13.2. The highest BCUT2D eigenvalue weighted by molar-refractivity contribution is 7.10. The number of anilines is 1. The molecule has 1 aromatic carbocycles. The van der Waals surface area contributed by atoms with Crippen LogP contribution in [0.3, 0.4) is 0 Å². The van der Waals surface area contributed by atoms with Gasteiger partial charge in [-0.1, -0.05) is 29.3 Å². The van der Waals surface area contributed by atoms with Gasteiger partial charge in [0.1, 0.15) is 6.04 Å². The summed E-state index contributed by atoms with van der Waals surface area (Å²) < 4.78 is 0. The van der Waals surface area contributed by atoms with Gasteiger partial charge in [0.25, 0.3) is 5.91 Å². The first-order valence-corrected chi connectivity index (χ1v) is 7.34. The Hall–Kier alpha value is -1.56. The van der Waals surface area contributed by atoms with Crippen molar-refractivity contribution in [1.82, 2.24) is 5.32 Å². The number of urea groups is 1. The van der Waals surface area contributed by atoms with Gasteiger partial charge in [0.15, 0.2) is 0 Å². The topological polar surface area (TPSA) is 49.4 Å². The summed E-state index contributed by atoms with van der Waals surface area (Å²) in [7, 11) is 0. The molecule has 0 saturated carbocycles. The molecule has 7 heteroatoms. The fourth-order valence-corrected chi connectivity index (χ4v) is 3.32. The van der Waals surface area contributed by atoms with E-state index in [4.69, 9.17) is 23.2 Å². The number of hydrogen-bond donors (Lipinski definition) is 1. The number of carbonyl (C=O) groups is 2. The van der Waals surface area contributed by atoms with Crippen LogP contribution in [0.15, 0.2) is 35.7 Å². The lowest BCUT2D eigenvalue weighted by Crippen LogP contribution is -2.30. The number of benzene rings is 1. The maximum atomic E-state index is 12.4. The summed E-state index contributed by atoms with van der Waals surface area (Å²) in [6.45, 7) is 0. The van der Waals surface area contributed by atoms with Crippen LogP contribution in [0, 0.1) is 0 Å². The zero-order chi connectivity index (χ0) is 14.3. The van der Waals surface area contributed by atoms with Gasteiger partial charge in [0.2, 0.25) is 0 Å². The van der Waals surface area contributed by atoms with Crippen molar-refractivity contribution in [2.24, 2.45) is 0 Å². The van der Waals surface area contributed by atoms with Gasteiger partial charge in [-0.05, 0) is 29.6 Å². The van der Waals surface area contributed by atoms with Crippen LogP contribution >= 0.6 is 34.5 Å². The number of amides is 3. The second kappa shape index (κ2) is 5.09. The average Bonchev–Trinajstić information content (AvgIpc) is 2.96. The van der Waals surface area contributed by atoms with Gasteiger partial charge in [-0.3, -0.25) is 4.79 Å². The fraction of sp³-hybridized carbons (Fsp3) is 0.0769. The molecule has 1 fully saturated rings. The standard InChI is InChI=1S/C13H8Cl2N2O2S/c14-7-4-8(15)6-9(5-7)17-12(18)11(16-13(17)19)10-2-1-3-20-10/h1-6,11H,(H,16,19). The highest BCUT2D eigenvalue weighted by Gasteiger charge is 2.40. The number of nitrogens with zero attached hydrogens (tertiary/aromatic N) is 1. The second-order valence-electron chi connectivity index (χ2n) is 4.20. The lowest BCUT2D eigenvalue weighted by atomic mass is 10.2. The Morgan fingerprint density at radius 3 is 2.45 bits per heavy atom. The molecule has 1 atom stereocenters. The summed E-state index contributed by atoms with van der Waals surface area (Å²) in [5.74, 6) is -0.337. The Bertz CT molecular complexity index is 667. The van der Waals surface area contributed by atoms with Gasteiger partial charge in [0, 0.05) is 14.9 Å². The summed E-state index contributed by atoms with van der Waals surface area (Å²) in [4.78, 5) is 26.3. The van der Waals surface area contributed by atoms with Crippen LogP contribution in [0.4, 0.5) is 10.5 Å². The Morgan fingerprint density at radius 1 is 1.15 bits per heavy atom. The van der Waals surface area contributed by atoms with Gasteiger partial charge in [-0.15, -0.1) is 11.3 Å². The third-order valence-corrected chi connectivity index (χ3v) is 4.25. The predicted octanol–water partition coefficient (Wildman–Crippen LogP) is 3.85. The maximum Gasteiger partial charge on any atom is 0.329 e. The van der Waals surface area contributed by atoms with Crippen LogP contribution in [0.5, 0.6) is 0 Å². The summed E-state index contributed by atoms with van der Waals surface area (Å²) in [5, 5.41) is 5.25. The van der Waals surface area contributed by atoms with Crippen molar-refractivity contribution in [1.29, 1.82) is 0 Å². The first-order chi connectivity index (χ1) is 9.56. The van der Waals surface area contributed by atoms with Crippen molar-refractivity contribution in [3.8, 4) is 0 Å². The molecule has 4 nitrogen and oxygen atoms in total. The number of imide groups is 1. The average molecular weight is 327 g/mol. The summed E-state index contributed by atoms with van der Waals surface area (Å²) in [5.41, 5.74) is 0.365. The van der Waals surface area contributed by atoms with Gasteiger partial charge in [-0.2, -0.15) is 0 Å². The summed E-state index contributed by atoms with van der Waals surface area (Å²) in [6.07, 6.45) is 0. The van der Waals surface area contributed by atoms with Crippen molar-refractivity contribution in [2.75, 3.05) is 4.90 Å². The Kier molecular flexibility index (Phi) is 3.41. The minimum atomic E-state index is -0.653. The molecule has 0 spiro atoms. The quantitative estimate of drug-likeness (QED) is 0.852. The van der Waals surface area contributed by atoms with Crippen LogP contribution < -0.4 is 10.2 Å². The molecule has 20 heavy (non-hydrogen) atoms. The number of rotatable bonds is 2. The monoisotopic (exact) mass is 326 g/mol. The SMILES string of the molecule is O=C1NC(c2cccs2)C(=O)N1c1cc(Cl)cc(Cl)c1. The Labute approximate surface area is 128 Å². The first-order valence-electron chi connectivity index (χ1n) is 5.70. The van der Waals surface area contributed by atoms with Crippen LogP contribution in [0.1, 0.15) is 10.9 Å². The van der Waals surface area contributed by atoms with E-state index >= 15 is 0 Å². The lowest BCUT2D eigenvalue weighted by molar-refractivity contribution is -0.118. The molecule has 1 aliphatic rings. The molecule has 1 N–H and O–H groups in total. The number of carbonyl (C=O) groups excluding carboxylic acids is 2. The van der Waals surface area contributed by atoms with Crippen molar-refractivity contribution < 1.29 is 9.59 Å². The second-order valence-corrected chi connectivity index (χ2v) is 6.05. The molecular formula is C13H8Cl2N2O2S. The molecule has 0 aliphatic carbocycles. The van der Waals surface area contributed by atoms with Gasteiger partial charge >= 0.3 is 6.03 Å². The van der Waals surface area contributed by atoms with Crippen molar-refractivity contribution >= 4 is 52.2 Å².